The molecule has 0 radical (unpaired) electrons. The summed E-state index contributed by atoms with van der Waals surface area (Å²) in [5.41, 5.74) is -0.103. The van der Waals surface area contributed by atoms with Gasteiger partial charge in [0.15, 0.2) is 0 Å². The highest BCUT2D eigenvalue weighted by Crippen LogP contribution is 2.22. The Morgan fingerprint density at radius 2 is 2.14 bits per heavy atom. The first-order chi connectivity index (χ1) is 9.75. The van der Waals surface area contributed by atoms with Crippen molar-refractivity contribution in [3.8, 4) is 0 Å². The summed E-state index contributed by atoms with van der Waals surface area (Å²) in [5.74, 6) is -1.19. The molecule has 0 bridgehead atoms. The van der Waals surface area contributed by atoms with Gasteiger partial charge in [-0.3, -0.25) is 0 Å². The lowest BCUT2D eigenvalue weighted by molar-refractivity contribution is -0.0750. The molecular formula is C12H18N2O6S. The molecular weight excluding hydrogens is 300 g/mol. The zero-order chi connectivity index (χ0) is 15.8. The number of nitrogens with zero attached hydrogens (tertiary/aromatic N) is 2. The summed E-state index contributed by atoms with van der Waals surface area (Å²) in [5, 5.41) is 18.2. The van der Waals surface area contributed by atoms with E-state index in [1.807, 2.05) is 0 Å². The number of carbonyl (C=O) groups is 1. The molecule has 118 valence electrons. The Morgan fingerprint density at radius 1 is 1.48 bits per heavy atom. The van der Waals surface area contributed by atoms with Gasteiger partial charge in [-0.05, 0) is 13.0 Å². The van der Waals surface area contributed by atoms with E-state index >= 15 is 0 Å². The fourth-order valence-electron chi connectivity index (χ4n) is 2.34. The van der Waals surface area contributed by atoms with Crippen LogP contribution in [0, 0.1) is 0 Å². The quantitative estimate of drug-likeness (QED) is 0.774. The molecule has 2 atom stereocenters. The molecule has 1 aromatic heterocycles. The lowest BCUT2D eigenvalue weighted by atomic mass is 10.2. The summed E-state index contributed by atoms with van der Waals surface area (Å²) in [6, 6.07) is 1.13. The highest BCUT2D eigenvalue weighted by molar-refractivity contribution is 7.89. The number of aromatic carboxylic acids is 1. The van der Waals surface area contributed by atoms with Crippen molar-refractivity contribution in [3.05, 3.63) is 18.0 Å². The van der Waals surface area contributed by atoms with Crippen LogP contribution in [0.5, 0.6) is 0 Å². The minimum absolute atomic E-state index is 0.0421. The largest absolute Gasteiger partial charge is 0.477 e. The van der Waals surface area contributed by atoms with Crippen molar-refractivity contribution in [1.29, 1.82) is 0 Å². The van der Waals surface area contributed by atoms with E-state index in [-0.39, 0.29) is 36.4 Å². The first-order valence-corrected chi connectivity index (χ1v) is 7.86. The second-order valence-corrected chi connectivity index (χ2v) is 6.99. The Balaban J connectivity index is 2.33. The number of rotatable bonds is 4. The molecule has 1 fully saturated rings. The molecule has 2 heterocycles. The zero-order valence-corrected chi connectivity index (χ0v) is 12.6. The van der Waals surface area contributed by atoms with Gasteiger partial charge in [-0.2, -0.15) is 4.31 Å². The van der Waals surface area contributed by atoms with E-state index in [9.17, 15) is 13.2 Å². The van der Waals surface area contributed by atoms with Crippen molar-refractivity contribution >= 4 is 16.0 Å². The molecule has 0 amide bonds. The van der Waals surface area contributed by atoms with Gasteiger partial charge in [0, 0.05) is 26.3 Å². The van der Waals surface area contributed by atoms with Gasteiger partial charge in [-0.15, -0.1) is 0 Å². The van der Waals surface area contributed by atoms with Crippen LogP contribution in [0.4, 0.5) is 0 Å². The maximum absolute atomic E-state index is 12.6. The average Bonchev–Trinajstić information content (AvgIpc) is 2.81. The molecule has 8 nitrogen and oxygen atoms in total. The second-order valence-electron chi connectivity index (χ2n) is 5.05. The minimum Gasteiger partial charge on any atom is -0.477 e. The monoisotopic (exact) mass is 318 g/mol. The normalized spacial score (nSPS) is 24.1. The van der Waals surface area contributed by atoms with E-state index in [0.29, 0.717) is 0 Å². The van der Waals surface area contributed by atoms with Gasteiger partial charge in [0.05, 0.1) is 18.8 Å². The Morgan fingerprint density at radius 3 is 2.67 bits per heavy atom. The highest BCUT2D eigenvalue weighted by atomic mass is 32.2. The Bertz CT molecular complexity index is 638. The summed E-state index contributed by atoms with van der Waals surface area (Å²) in [4.78, 5) is 10.9. The Hall–Kier alpha value is -1.42. The summed E-state index contributed by atoms with van der Waals surface area (Å²) >= 11 is 0. The molecule has 1 aromatic rings. The molecule has 2 rings (SSSR count). The third-order valence-electron chi connectivity index (χ3n) is 3.33. The number of sulfonamides is 1. The number of carboxylic acids is 1. The fraction of sp³-hybridized carbons (Fsp3) is 0.583. The maximum atomic E-state index is 12.6. The second kappa shape index (κ2) is 5.76. The number of morpholine rings is 1. The molecule has 0 saturated carbocycles. The lowest BCUT2D eigenvalue weighted by Gasteiger charge is -2.34. The predicted octanol–water partition coefficient (Wildman–Crippen LogP) is -0.506. The summed E-state index contributed by atoms with van der Waals surface area (Å²) in [6.45, 7) is 1.65. The number of hydrogen-bond donors (Lipinski definition) is 2. The first-order valence-electron chi connectivity index (χ1n) is 6.41. The van der Waals surface area contributed by atoms with E-state index in [1.165, 1.54) is 22.1 Å². The predicted molar refractivity (Wildman–Crippen MR) is 72.6 cm³/mol. The van der Waals surface area contributed by atoms with Crippen molar-refractivity contribution in [2.45, 2.75) is 24.0 Å². The van der Waals surface area contributed by atoms with Crippen LogP contribution >= 0.6 is 0 Å². The lowest BCUT2D eigenvalue weighted by Crippen LogP contribution is -2.50. The van der Waals surface area contributed by atoms with E-state index in [1.54, 1.807) is 6.92 Å². The molecule has 9 heteroatoms. The van der Waals surface area contributed by atoms with Gasteiger partial charge in [-0.1, -0.05) is 0 Å². The van der Waals surface area contributed by atoms with Crippen molar-refractivity contribution in [1.82, 2.24) is 8.87 Å². The summed E-state index contributed by atoms with van der Waals surface area (Å²) < 4.78 is 33.0. The SMILES string of the molecule is CC1CN(S(=O)(=O)c2cc(C(=O)O)n(C)c2)CC(CO)O1. The molecule has 21 heavy (non-hydrogen) atoms. The van der Waals surface area contributed by atoms with Crippen molar-refractivity contribution in [2.24, 2.45) is 7.05 Å². The van der Waals surface area contributed by atoms with Crippen LogP contribution in [0.1, 0.15) is 17.4 Å². The molecule has 2 N–H and O–H groups in total. The van der Waals surface area contributed by atoms with Crippen molar-refractivity contribution < 1.29 is 28.2 Å². The summed E-state index contributed by atoms with van der Waals surface area (Å²) in [7, 11) is -2.34. The van der Waals surface area contributed by atoms with Crippen LogP contribution < -0.4 is 0 Å². The van der Waals surface area contributed by atoms with Crippen molar-refractivity contribution in [2.75, 3.05) is 19.7 Å². The number of aliphatic hydroxyl groups excluding tert-OH is 1. The standard InChI is InChI=1S/C12H18N2O6S/c1-8-4-14(5-9(7-15)20-8)21(18,19)10-3-11(12(16)17)13(2)6-10/h3,6,8-9,15H,4-5,7H2,1-2H3,(H,16,17). The molecule has 0 aliphatic carbocycles. The van der Waals surface area contributed by atoms with Gasteiger partial charge in [0.25, 0.3) is 0 Å². The van der Waals surface area contributed by atoms with Gasteiger partial charge < -0.3 is 19.5 Å². The van der Waals surface area contributed by atoms with Gasteiger partial charge in [0.1, 0.15) is 10.6 Å². The topological polar surface area (TPSA) is 109 Å². The molecule has 1 aliphatic rings. The van der Waals surface area contributed by atoms with Crippen molar-refractivity contribution in [3.63, 3.8) is 0 Å². The number of aryl methyl sites for hydroxylation is 1. The number of carboxylic acid groups (broad SMARTS) is 1. The van der Waals surface area contributed by atoms with E-state index in [2.05, 4.69) is 0 Å². The molecule has 2 unspecified atom stereocenters. The minimum atomic E-state index is -3.82. The van der Waals surface area contributed by atoms with E-state index in [4.69, 9.17) is 14.9 Å². The van der Waals surface area contributed by atoms with Gasteiger partial charge in [0.2, 0.25) is 10.0 Å². The van der Waals surface area contributed by atoms with Gasteiger partial charge >= 0.3 is 5.97 Å². The van der Waals surface area contributed by atoms with Crippen LogP contribution in [-0.2, 0) is 21.8 Å². The Kier molecular flexibility index (Phi) is 4.38. The highest BCUT2D eigenvalue weighted by Gasteiger charge is 2.34. The average molecular weight is 318 g/mol. The molecule has 0 spiro atoms. The number of aromatic nitrogens is 1. The first kappa shape index (κ1) is 16.0. The number of aliphatic hydroxyl groups is 1. The van der Waals surface area contributed by atoms with Crippen LogP contribution in [0.15, 0.2) is 17.2 Å². The zero-order valence-electron chi connectivity index (χ0n) is 11.8. The van der Waals surface area contributed by atoms with Crippen LogP contribution in [0.2, 0.25) is 0 Å². The number of ether oxygens (including phenoxy) is 1. The molecule has 1 aliphatic heterocycles. The van der Waals surface area contributed by atoms with Crippen LogP contribution in [0.25, 0.3) is 0 Å². The molecule has 1 saturated heterocycles. The Labute approximate surface area is 122 Å². The molecule has 0 aromatic carbocycles. The third-order valence-corrected chi connectivity index (χ3v) is 5.13. The summed E-state index contributed by atoms with van der Waals surface area (Å²) in [6.07, 6.45) is 0.354. The number of hydrogen-bond acceptors (Lipinski definition) is 5. The van der Waals surface area contributed by atoms with Gasteiger partial charge in [-0.25, -0.2) is 13.2 Å². The van der Waals surface area contributed by atoms with E-state index in [0.717, 1.165) is 6.07 Å². The maximum Gasteiger partial charge on any atom is 0.352 e. The van der Waals surface area contributed by atoms with Crippen LogP contribution in [0.3, 0.4) is 0 Å². The fourth-order valence-corrected chi connectivity index (χ4v) is 3.96. The third kappa shape index (κ3) is 3.10. The smallest absolute Gasteiger partial charge is 0.352 e. The van der Waals surface area contributed by atoms with E-state index < -0.39 is 22.1 Å². The van der Waals surface area contributed by atoms with Crippen LogP contribution in [-0.4, -0.2) is 65.4 Å².